The zero-order valence-corrected chi connectivity index (χ0v) is 16.0. The lowest BCUT2D eigenvalue weighted by atomic mass is 10.2. The standard InChI is InChI=1S/C20H22N4O4/c1-4-24-17-11-10-14(12-16(17)22-23-24)20(26)28-13(3)19(25)21-15-8-6-7-9-18(15)27-5-2/h6-13H,4-5H2,1-3H3,(H,21,25)/t13-/m1/s1. The van der Waals surface area contributed by atoms with Crippen molar-refractivity contribution in [3.63, 3.8) is 0 Å². The van der Waals surface area contributed by atoms with Crippen LogP contribution in [0.3, 0.4) is 0 Å². The summed E-state index contributed by atoms with van der Waals surface area (Å²) in [6.45, 7) is 6.49. The van der Waals surface area contributed by atoms with Gasteiger partial charge in [0.1, 0.15) is 11.3 Å². The van der Waals surface area contributed by atoms with Crippen molar-refractivity contribution < 1.29 is 19.1 Å². The van der Waals surface area contributed by atoms with E-state index in [0.29, 0.717) is 35.7 Å². The van der Waals surface area contributed by atoms with Crippen LogP contribution in [0.25, 0.3) is 11.0 Å². The van der Waals surface area contributed by atoms with Crippen LogP contribution in [-0.4, -0.2) is 39.6 Å². The van der Waals surface area contributed by atoms with Crippen molar-refractivity contribution >= 4 is 28.6 Å². The summed E-state index contributed by atoms with van der Waals surface area (Å²) in [5.41, 5.74) is 2.26. The van der Waals surface area contributed by atoms with E-state index in [9.17, 15) is 9.59 Å². The fourth-order valence-electron chi connectivity index (χ4n) is 2.70. The molecule has 8 nitrogen and oxygen atoms in total. The van der Waals surface area contributed by atoms with Gasteiger partial charge in [-0.15, -0.1) is 5.10 Å². The number of ether oxygens (including phenoxy) is 2. The van der Waals surface area contributed by atoms with E-state index < -0.39 is 18.0 Å². The Bertz CT molecular complexity index is 999. The molecule has 28 heavy (non-hydrogen) atoms. The molecule has 0 spiro atoms. The predicted molar refractivity (Wildman–Crippen MR) is 104 cm³/mol. The second-order valence-corrected chi connectivity index (χ2v) is 6.07. The molecule has 0 aliphatic rings. The number of esters is 1. The van der Waals surface area contributed by atoms with Gasteiger partial charge >= 0.3 is 5.97 Å². The highest BCUT2D eigenvalue weighted by Gasteiger charge is 2.21. The Morgan fingerprint density at radius 1 is 1.18 bits per heavy atom. The SMILES string of the molecule is CCOc1ccccc1NC(=O)[C@@H](C)OC(=O)c1ccc2c(c1)nnn2CC. The number of anilines is 1. The summed E-state index contributed by atoms with van der Waals surface area (Å²) in [6, 6.07) is 12.1. The van der Waals surface area contributed by atoms with E-state index in [1.165, 1.54) is 6.92 Å². The minimum absolute atomic E-state index is 0.310. The highest BCUT2D eigenvalue weighted by molar-refractivity contribution is 5.99. The first-order valence-electron chi connectivity index (χ1n) is 9.10. The fourth-order valence-corrected chi connectivity index (χ4v) is 2.70. The van der Waals surface area contributed by atoms with Gasteiger partial charge in [-0.2, -0.15) is 0 Å². The number of para-hydroxylation sites is 2. The summed E-state index contributed by atoms with van der Waals surface area (Å²) < 4.78 is 12.5. The number of nitrogens with zero attached hydrogens (tertiary/aromatic N) is 3. The molecule has 0 aliphatic carbocycles. The summed E-state index contributed by atoms with van der Waals surface area (Å²) in [7, 11) is 0. The molecule has 1 N–H and O–H groups in total. The Morgan fingerprint density at radius 2 is 1.96 bits per heavy atom. The summed E-state index contributed by atoms with van der Waals surface area (Å²) >= 11 is 0. The Balaban J connectivity index is 1.67. The molecule has 0 unspecified atom stereocenters. The van der Waals surface area contributed by atoms with Crippen molar-refractivity contribution in [1.82, 2.24) is 15.0 Å². The minimum Gasteiger partial charge on any atom is -0.492 e. The summed E-state index contributed by atoms with van der Waals surface area (Å²) in [4.78, 5) is 24.8. The molecular formula is C20H22N4O4. The maximum absolute atomic E-state index is 12.4. The number of nitrogens with one attached hydrogen (secondary N) is 1. The van der Waals surface area contributed by atoms with E-state index in [2.05, 4.69) is 15.6 Å². The third-order valence-electron chi connectivity index (χ3n) is 4.15. The molecule has 0 radical (unpaired) electrons. The third kappa shape index (κ3) is 4.11. The van der Waals surface area contributed by atoms with Crippen LogP contribution in [0, 0.1) is 0 Å². The van der Waals surface area contributed by atoms with Crippen LogP contribution in [0.1, 0.15) is 31.1 Å². The predicted octanol–water partition coefficient (Wildman–Crippen LogP) is 3.03. The second-order valence-electron chi connectivity index (χ2n) is 6.07. The first-order valence-corrected chi connectivity index (χ1v) is 9.10. The lowest BCUT2D eigenvalue weighted by Gasteiger charge is -2.15. The summed E-state index contributed by atoms with van der Waals surface area (Å²) in [5.74, 6) is -0.492. The molecule has 3 rings (SSSR count). The van der Waals surface area contributed by atoms with E-state index in [1.54, 1.807) is 41.1 Å². The first-order chi connectivity index (χ1) is 13.5. The van der Waals surface area contributed by atoms with Gasteiger partial charge in [-0.1, -0.05) is 17.3 Å². The van der Waals surface area contributed by atoms with Crippen molar-refractivity contribution in [2.75, 3.05) is 11.9 Å². The van der Waals surface area contributed by atoms with Gasteiger partial charge in [0.25, 0.3) is 5.91 Å². The molecule has 1 heterocycles. The van der Waals surface area contributed by atoms with Gasteiger partial charge in [0.2, 0.25) is 0 Å². The van der Waals surface area contributed by atoms with E-state index in [-0.39, 0.29) is 0 Å². The smallest absolute Gasteiger partial charge is 0.338 e. The Labute approximate surface area is 162 Å². The summed E-state index contributed by atoms with van der Waals surface area (Å²) in [6.07, 6.45) is -0.982. The molecule has 1 amide bonds. The van der Waals surface area contributed by atoms with Gasteiger partial charge < -0.3 is 14.8 Å². The number of hydrogen-bond acceptors (Lipinski definition) is 6. The molecule has 0 saturated heterocycles. The molecule has 0 fully saturated rings. The van der Waals surface area contributed by atoms with Gasteiger partial charge in [0.05, 0.1) is 23.4 Å². The Morgan fingerprint density at radius 3 is 2.71 bits per heavy atom. The van der Waals surface area contributed by atoms with E-state index in [4.69, 9.17) is 9.47 Å². The molecule has 1 aromatic heterocycles. The number of hydrogen-bond donors (Lipinski definition) is 1. The van der Waals surface area contributed by atoms with Crippen LogP contribution in [0.2, 0.25) is 0 Å². The largest absolute Gasteiger partial charge is 0.492 e. The molecule has 8 heteroatoms. The van der Waals surface area contributed by atoms with Gasteiger partial charge in [0.15, 0.2) is 6.10 Å². The van der Waals surface area contributed by atoms with E-state index in [0.717, 1.165) is 5.52 Å². The molecule has 2 aromatic carbocycles. The molecule has 146 valence electrons. The molecule has 0 aliphatic heterocycles. The van der Waals surface area contributed by atoms with Crippen LogP contribution in [0.4, 0.5) is 5.69 Å². The highest BCUT2D eigenvalue weighted by Crippen LogP contribution is 2.24. The lowest BCUT2D eigenvalue weighted by molar-refractivity contribution is -0.123. The van der Waals surface area contributed by atoms with Gasteiger partial charge in [0, 0.05) is 6.54 Å². The number of aryl methyl sites for hydroxylation is 1. The topological polar surface area (TPSA) is 95.3 Å². The zero-order chi connectivity index (χ0) is 20.1. The maximum Gasteiger partial charge on any atom is 0.338 e. The number of fused-ring (bicyclic) bond motifs is 1. The van der Waals surface area contributed by atoms with Crippen molar-refractivity contribution in [3.8, 4) is 5.75 Å². The Hall–Kier alpha value is -3.42. The van der Waals surface area contributed by atoms with Crippen LogP contribution < -0.4 is 10.1 Å². The average molecular weight is 382 g/mol. The molecule has 0 saturated carbocycles. The van der Waals surface area contributed by atoms with Crippen molar-refractivity contribution in [2.24, 2.45) is 0 Å². The minimum atomic E-state index is -0.982. The molecule has 0 bridgehead atoms. The van der Waals surface area contributed by atoms with E-state index in [1.807, 2.05) is 19.9 Å². The van der Waals surface area contributed by atoms with Gasteiger partial charge in [-0.25, -0.2) is 9.48 Å². The maximum atomic E-state index is 12.4. The highest BCUT2D eigenvalue weighted by atomic mass is 16.5. The van der Waals surface area contributed by atoms with Crippen LogP contribution >= 0.6 is 0 Å². The average Bonchev–Trinajstić information content (AvgIpc) is 3.11. The van der Waals surface area contributed by atoms with Crippen LogP contribution in [0.15, 0.2) is 42.5 Å². The van der Waals surface area contributed by atoms with Crippen molar-refractivity contribution in [1.29, 1.82) is 0 Å². The number of carbonyl (C=O) groups is 2. The first kappa shape index (κ1) is 19.3. The monoisotopic (exact) mass is 382 g/mol. The second kappa shape index (κ2) is 8.51. The number of amides is 1. The third-order valence-corrected chi connectivity index (χ3v) is 4.15. The van der Waals surface area contributed by atoms with Gasteiger partial charge in [-0.05, 0) is 51.1 Å². The number of aromatic nitrogens is 3. The number of benzene rings is 2. The van der Waals surface area contributed by atoms with E-state index >= 15 is 0 Å². The fraction of sp³-hybridized carbons (Fsp3) is 0.300. The Kier molecular flexibility index (Phi) is 5.88. The van der Waals surface area contributed by atoms with Gasteiger partial charge in [-0.3, -0.25) is 4.79 Å². The summed E-state index contributed by atoms with van der Waals surface area (Å²) in [5, 5.41) is 10.8. The van der Waals surface area contributed by atoms with Crippen molar-refractivity contribution in [3.05, 3.63) is 48.0 Å². The number of carbonyl (C=O) groups excluding carboxylic acids is 2. The molecule has 3 aromatic rings. The molecule has 1 atom stereocenters. The number of rotatable bonds is 7. The van der Waals surface area contributed by atoms with Crippen molar-refractivity contribution in [2.45, 2.75) is 33.4 Å². The quantitative estimate of drug-likeness (QED) is 0.631. The lowest BCUT2D eigenvalue weighted by Crippen LogP contribution is -2.30. The zero-order valence-electron chi connectivity index (χ0n) is 16.0. The normalized spacial score (nSPS) is 11.8. The molecular weight excluding hydrogens is 360 g/mol. The van der Waals surface area contributed by atoms with Crippen LogP contribution in [-0.2, 0) is 16.1 Å². The van der Waals surface area contributed by atoms with Crippen LogP contribution in [0.5, 0.6) is 5.75 Å².